The fourth-order valence-electron chi connectivity index (χ4n) is 3.10. The van der Waals surface area contributed by atoms with Crippen molar-refractivity contribution >= 4 is 5.91 Å². The van der Waals surface area contributed by atoms with Crippen LogP contribution in [0.15, 0.2) is 54.6 Å². The average molecular weight is 265 g/mol. The summed E-state index contributed by atoms with van der Waals surface area (Å²) in [6.45, 7) is 2.12. The van der Waals surface area contributed by atoms with E-state index in [0.717, 1.165) is 6.42 Å². The van der Waals surface area contributed by atoms with Gasteiger partial charge in [-0.3, -0.25) is 4.79 Å². The topological polar surface area (TPSA) is 29.1 Å². The molecule has 2 aromatic rings. The lowest BCUT2D eigenvalue weighted by Crippen LogP contribution is -2.30. The van der Waals surface area contributed by atoms with Crippen LogP contribution in [0, 0.1) is 6.92 Å². The highest BCUT2D eigenvalue weighted by molar-refractivity contribution is 5.80. The number of hydrogen-bond donors (Lipinski definition) is 1. The van der Waals surface area contributed by atoms with Crippen LogP contribution in [0.1, 0.15) is 29.0 Å². The first kappa shape index (κ1) is 12.9. The van der Waals surface area contributed by atoms with E-state index in [2.05, 4.69) is 60.8 Å². The molecule has 2 nitrogen and oxygen atoms in total. The van der Waals surface area contributed by atoms with Crippen molar-refractivity contribution in [2.24, 2.45) is 0 Å². The van der Waals surface area contributed by atoms with Crippen LogP contribution in [-0.2, 0) is 11.2 Å². The smallest absolute Gasteiger partial charge is 0.220 e. The third-order valence-electron chi connectivity index (χ3n) is 4.12. The third kappa shape index (κ3) is 2.60. The molecule has 0 bridgehead atoms. The fraction of sp³-hybridized carbons (Fsp3) is 0.278. The first-order valence-corrected chi connectivity index (χ1v) is 7.13. The molecule has 1 fully saturated rings. The van der Waals surface area contributed by atoms with Crippen LogP contribution in [0.3, 0.4) is 0 Å². The number of nitrogens with one attached hydrogen (secondary N) is 1. The summed E-state index contributed by atoms with van der Waals surface area (Å²) in [6, 6.07) is 19.0. The summed E-state index contributed by atoms with van der Waals surface area (Å²) in [6.07, 6.45) is 1.49. The fourth-order valence-corrected chi connectivity index (χ4v) is 3.10. The SMILES string of the molecule is Cc1ccccc1C1CC(=O)NC1Cc1ccccc1. The van der Waals surface area contributed by atoms with Gasteiger partial charge in [-0.2, -0.15) is 0 Å². The Morgan fingerprint density at radius 2 is 1.75 bits per heavy atom. The summed E-state index contributed by atoms with van der Waals surface area (Å²) < 4.78 is 0. The van der Waals surface area contributed by atoms with Crippen LogP contribution < -0.4 is 5.32 Å². The monoisotopic (exact) mass is 265 g/mol. The highest BCUT2D eigenvalue weighted by Crippen LogP contribution is 2.32. The van der Waals surface area contributed by atoms with Gasteiger partial charge in [-0.05, 0) is 30.0 Å². The van der Waals surface area contributed by atoms with Crippen molar-refractivity contribution in [1.29, 1.82) is 0 Å². The van der Waals surface area contributed by atoms with E-state index in [-0.39, 0.29) is 17.9 Å². The third-order valence-corrected chi connectivity index (χ3v) is 4.12. The maximum Gasteiger partial charge on any atom is 0.220 e. The predicted octanol–water partition coefficient (Wildman–Crippen LogP) is 3.21. The molecular weight excluding hydrogens is 246 g/mol. The molecule has 0 spiro atoms. The molecule has 0 aliphatic carbocycles. The van der Waals surface area contributed by atoms with Gasteiger partial charge >= 0.3 is 0 Å². The molecular formula is C18H19NO. The zero-order valence-electron chi connectivity index (χ0n) is 11.7. The number of hydrogen-bond acceptors (Lipinski definition) is 1. The highest BCUT2D eigenvalue weighted by Gasteiger charge is 2.33. The minimum absolute atomic E-state index is 0.166. The molecule has 1 saturated heterocycles. The van der Waals surface area contributed by atoms with Gasteiger partial charge in [0.05, 0.1) is 0 Å². The number of rotatable bonds is 3. The second-order valence-corrected chi connectivity index (χ2v) is 5.53. The summed E-state index contributed by atoms with van der Waals surface area (Å²) in [5.74, 6) is 0.447. The van der Waals surface area contributed by atoms with E-state index in [1.165, 1.54) is 16.7 Å². The predicted molar refractivity (Wildman–Crippen MR) is 80.6 cm³/mol. The summed E-state index contributed by atoms with van der Waals surface area (Å²) in [5, 5.41) is 3.14. The van der Waals surface area contributed by atoms with Crippen molar-refractivity contribution in [2.75, 3.05) is 0 Å². The molecule has 1 N–H and O–H groups in total. The van der Waals surface area contributed by atoms with Crippen LogP contribution in [0.5, 0.6) is 0 Å². The average Bonchev–Trinajstić information content (AvgIpc) is 2.81. The van der Waals surface area contributed by atoms with Crippen molar-refractivity contribution < 1.29 is 4.79 Å². The molecule has 3 rings (SSSR count). The summed E-state index contributed by atoms with van der Waals surface area (Å²) in [7, 11) is 0. The second kappa shape index (κ2) is 5.49. The number of carbonyl (C=O) groups excluding carboxylic acids is 1. The molecule has 2 atom stereocenters. The summed E-state index contributed by atoms with van der Waals surface area (Å²) in [5.41, 5.74) is 3.84. The Morgan fingerprint density at radius 1 is 1.05 bits per heavy atom. The highest BCUT2D eigenvalue weighted by atomic mass is 16.2. The van der Waals surface area contributed by atoms with Crippen molar-refractivity contribution in [3.63, 3.8) is 0 Å². The molecule has 20 heavy (non-hydrogen) atoms. The Bertz CT molecular complexity index is 606. The van der Waals surface area contributed by atoms with E-state index >= 15 is 0 Å². The van der Waals surface area contributed by atoms with E-state index in [4.69, 9.17) is 0 Å². The molecule has 0 saturated carbocycles. The van der Waals surface area contributed by atoms with Crippen LogP contribution in [0.4, 0.5) is 0 Å². The van der Waals surface area contributed by atoms with E-state index in [9.17, 15) is 4.79 Å². The molecule has 1 heterocycles. The number of carbonyl (C=O) groups is 1. The van der Waals surface area contributed by atoms with Gasteiger partial charge in [0.15, 0.2) is 0 Å². The Balaban J connectivity index is 1.86. The van der Waals surface area contributed by atoms with Crippen LogP contribution in [0.2, 0.25) is 0 Å². The van der Waals surface area contributed by atoms with Gasteiger partial charge in [-0.15, -0.1) is 0 Å². The van der Waals surface area contributed by atoms with Crippen LogP contribution in [-0.4, -0.2) is 11.9 Å². The minimum Gasteiger partial charge on any atom is -0.352 e. The molecule has 1 aliphatic heterocycles. The summed E-state index contributed by atoms with van der Waals surface area (Å²) >= 11 is 0. The first-order valence-electron chi connectivity index (χ1n) is 7.13. The molecule has 2 heteroatoms. The molecule has 0 radical (unpaired) electrons. The van der Waals surface area contributed by atoms with E-state index < -0.39 is 0 Å². The molecule has 0 aromatic heterocycles. The molecule has 1 amide bonds. The number of benzene rings is 2. The van der Waals surface area contributed by atoms with Gasteiger partial charge in [0.25, 0.3) is 0 Å². The zero-order valence-corrected chi connectivity index (χ0v) is 11.7. The Hall–Kier alpha value is -2.09. The number of aryl methyl sites for hydroxylation is 1. The minimum atomic E-state index is 0.166. The number of amides is 1. The normalized spacial score (nSPS) is 21.8. The molecule has 102 valence electrons. The van der Waals surface area contributed by atoms with Crippen molar-refractivity contribution in [3.8, 4) is 0 Å². The van der Waals surface area contributed by atoms with Gasteiger partial charge in [0.2, 0.25) is 5.91 Å². The molecule has 2 aromatic carbocycles. The maximum absolute atomic E-state index is 11.8. The Labute approximate surface area is 119 Å². The van der Waals surface area contributed by atoms with E-state index in [0.29, 0.717) is 6.42 Å². The van der Waals surface area contributed by atoms with Gasteiger partial charge in [0, 0.05) is 18.4 Å². The van der Waals surface area contributed by atoms with Gasteiger partial charge in [-0.1, -0.05) is 54.6 Å². The van der Waals surface area contributed by atoms with Crippen molar-refractivity contribution in [1.82, 2.24) is 5.32 Å². The lowest BCUT2D eigenvalue weighted by molar-refractivity contribution is -0.119. The van der Waals surface area contributed by atoms with Crippen LogP contribution in [0.25, 0.3) is 0 Å². The molecule has 1 aliphatic rings. The Kier molecular flexibility index (Phi) is 3.55. The van der Waals surface area contributed by atoms with Gasteiger partial charge in [0.1, 0.15) is 0 Å². The first-order chi connectivity index (χ1) is 9.74. The molecule has 2 unspecified atom stereocenters. The van der Waals surface area contributed by atoms with E-state index in [1.54, 1.807) is 0 Å². The lowest BCUT2D eigenvalue weighted by atomic mass is 9.86. The van der Waals surface area contributed by atoms with E-state index in [1.807, 2.05) is 6.07 Å². The standard InChI is InChI=1S/C18H19NO/c1-13-7-5-6-10-15(13)16-12-18(20)19-17(16)11-14-8-3-2-4-9-14/h2-10,16-17H,11-12H2,1H3,(H,19,20). The Morgan fingerprint density at radius 3 is 2.50 bits per heavy atom. The van der Waals surface area contributed by atoms with Crippen molar-refractivity contribution in [3.05, 3.63) is 71.3 Å². The van der Waals surface area contributed by atoms with Crippen LogP contribution >= 0.6 is 0 Å². The summed E-state index contributed by atoms with van der Waals surface area (Å²) in [4.78, 5) is 11.8. The second-order valence-electron chi connectivity index (χ2n) is 5.53. The van der Waals surface area contributed by atoms with Gasteiger partial charge < -0.3 is 5.32 Å². The lowest BCUT2D eigenvalue weighted by Gasteiger charge is -2.21. The zero-order chi connectivity index (χ0) is 13.9. The van der Waals surface area contributed by atoms with Crippen molar-refractivity contribution in [2.45, 2.75) is 31.7 Å². The largest absolute Gasteiger partial charge is 0.352 e. The van der Waals surface area contributed by atoms with Gasteiger partial charge in [-0.25, -0.2) is 0 Å². The quantitative estimate of drug-likeness (QED) is 0.907. The maximum atomic E-state index is 11.8.